The molecule has 3 aromatic carbocycles. The summed E-state index contributed by atoms with van der Waals surface area (Å²) in [4.78, 5) is 11.1. The molecule has 4 rings (SSSR count). The van der Waals surface area contributed by atoms with Crippen molar-refractivity contribution < 1.29 is 23.8 Å². The first kappa shape index (κ1) is 21.8. The summed E-state index contributed by atoms with van der Waals surface area (Å²) in [6.45, 7) is 3.63. The van der Waals surface area contributed by atoms with Gasteiger partial charge in [-0.2, -0.15) is 0 Å². The van der Waals surface area contributed by atoms with Crippen molar-refractivity contribution in [2.75, 3.05) is 0 Å². The maximum absolute atomic E-state index is 11.1. The third kappa shape index (κ3) is 4.73. The summed E-state index contributed by atoms with van der Waals surface area (Å²) in [5.74, 6) is 0.924. The smallest absolute Gasteiger partial charge is 0.344 e. The fourth-order valence-electron chi connectivity index (χ4n) is 3.56. The third-order valence-electron chi connectivity index (χ3n) is 5.14. The van der Waals surface area contributed by atoms with Crippen LogP contribution in [0.3, 0.4) is 0 Å². The average Bonchev–Trinajstić information content (AvgIpc) is 3.19. The van der Waals surface area contributed by atoms with Crippen molar-refractivity contribution in [3.8, 4) is 28.4 Å². The Labute approximate surface area is 191 Å². The first-order chi connectivity index (χ1) is 15.4. The molecule has 0 spiro atoms. The molecule has 0 radical (unpaired) electrons. The van der Waals surface area contributed by atoms with Crippen LogP contribution in [0.25, 0.3) is 22.1 Å². The van der Waals surface area contributed by atoms with E-state index in [1.807, 2.05) is 36.4 Å². The Balaban J connectivity index is 1.70. The number of aryl methyl sites for hydroxylation is 1. The highest BCUT2D eigenvalue weighted by molar-refractivity contribution is 6.30. The highest BCUT2D eigenvalue weighted by Gasteiger charge is 2.16. The fraction of sp³-hybridized carbons (Fsp3) is 0.192. The summed E-state index contributed by atoms with van der Waals surface area (Å²) in [5, 5.41) is 10.7. The molecule has 0 amide bonds. The molecule has 6 heteroatoms. The molecule has 0 aliphatic carbocycles. The van der Waals surface area contributed by atoms with Crippen molar-refractivity contribution >= 4 is 28.5 Å². The van der Waals surface area contributed by atoms with Gasteiger partial charge in [-0.3, -0.25) is 0 Å². The number of carboxylic acids is 1. The molecule has 1 heterocycles. The Hall–Kier alpha value is -3.44. The van der Waals surface area contributed by atoms with Gasteiger partial charge in [-0.15, -0.1) is 0 Å². The van der Waals surface area contributed by atoms with E-state index in [1.165, 1.54) is 6.92 Å². The van der Waals surface area contributed by atoms with Gasteiger partial charge in [-0.25, -0.2) is 4.79 Å². The van der Waals surface area contributed by atoms with Crippen molar-refractivity contribution in [3.63, 3.8) is 0 Å². The molecule has 164 valence electrons. The molecule has 1 aromatic heterocycles. The topological polar surface area (TPSA) is 68.9 Å². The zero-order valence-electron chi connectivity index (χ0n) is 17.8. The van der Waals surface area contributed by atoms with Gasteiger partial charge in [0.1, 0.15) is 22.8 Å². The average molecular weight is 451 g/mol. The van der Waals surface area contributed by atoms with Crippen molar-refractivity contribution in [2.24, 2.45) is 0 Å². The number of carboxylic acid groups (broad SMARTS) is 1. The normalized spacial score (nSPS) is 12.0. The predicted octanol–water partition coefficient (Wildman–Crippen LogP) is 7.35. The number of fused-ring (bicyclic) bond motifs is 1. The van der Waals surface area contributed by atoms with E-state index in [9.17, 15) is 4.79 Å². The number of halogens is 1. The molecule has 0 bridgehead atoms. The lowest BCUT2D eigenvalue weighted by atomic mass is 9.96. The lowest BCUT2D eigenvalue weighted by Gasteiger charge is -2.13. The van der Waals surface area contributed by atoms with Gasteiger partial charge in [0.15, 0.2) is 6.10 Å². The van der Waals surface area contributed by atoms with Gasteiger partial charge in [0.05, 0.1) is 6.26 Å². The molecule has 0 fully saturated rings. The number of rotatable bonds is 8. The number of hydrogen-bond donors (Lipinski definition) is 1. The summed E-state index contributed by atoms with van der Waals surface area (Å²) < 4.78 is 17.3. The summed E-state index contributed by atoms with van der Waals surface area (Å²) in [5.41, 5.74) is 3.80. The minimum Gasteiger partial charge on any atom is -0.479 e. The largest absolute Gasteiger partial charge is 0.479 e. The van der Waals surface area contributed by atoms with Crippen LogP contribution >= 0.6 is 11.6 Å². The number of ether oxygens (including phenoxy) is 2. The van der Waals surface area contributed by atoms with Gasteiger partial charge >= 0.3 is 5.97 Å². The van der Waals surface area contributed by atoms with E-state index in [-0.39, 0.29) is 0 Å². The van der Waals surface area contributed by atoms with Gasteiger partial charge < -0.3 is 19.0 Å². The molecule has 0 aliphatic rings. The van der Waals surface area contributed by atoms with E-state index >= 15 is 0 Å². The van der Waals surface area contributed by atoms with Crippen molar-refractivity contribution in [1.82, 2.24) is 0 Å². The number of carbonyl (C=O) groups is 1. The van der Waals surface area contributed by atoms with Crippen LogP contribution in [0.5, 0.6) is 17.2 Å². The predicted molar refractivity (Wildman–Crippen MR) is 125 cm³/mol. The Morgan fingerprint density at radius 2 is 1.72 bits per heavy atom. The van der Waals surface area contributed by atoms with E-state index in [0.29, 0.717) is 22.1 Å². The lowest BCUT2D eigenvalue weighted by molar-refractivity contribution is -0.144. The van der Waals surface area contributed by atoms with Crippen LogP contribution < -0.4 is 9.47 Å². The van der Waals surface area contributed by atoms with Crippen LogP contribution in [-0.4, -0.2) is 17.2 Å². The van der Waals surface area contributed by atoms with E-state index in [1.54, 1.807) is 30.5 Å². The van der Waals surface area contributed by atoms with Crippen LogP contribution in [-0.2, 0) is 11.2 Å². The molecule has 5 nitrogen and oxygen atoms in total. The van der Waals surface area contributed by atoms with Gasteiger partial charge in [0.2, 0.25) is 0 Å². The molecule has 32 heavy (non-hydrogen) atoms. The van der Waals surface area contributed by atoms with Crippen molar-refractivity contribution in [3.05, 3.63) is 77.5 Å². The highest BCUT2D eigenvalue weighted by atomic mass is 35.5. The quantitative estimate of drug-likeness (QED) is 0.304. The Morgan fingerprint density at radius 3 is 2.44 bits per heavy atom. The maximum atomic E-state index is 11.1. The minimum atomic E-state index is -1.01. The molecular weight excluding hydrogens is 428 g/mol. The fourth-order valence-corrected chi connectivity index (χ4v) is 3.68. The Bertz CT molecular complexity index is 1240. The van der Waals surface area contributed by atoms with Crippen LogP contribution in [0.1, 0.15) is 25.8 Å². The van der Waals surface area contributed by atoms with Crippen molar-refractivity contribution in [2.45, 2.75) is 32.8 Å². The summed E-state index contributed by atoms with van der Waals surface area (Å²) in [7, 11) is 0. The summed E-state index contributed by atoms with van der Waals surface area (Å²) >= 11 is 5.96. The standard InChI is InChI=1S/C26H23ClO5/c1-3-4-17-13-20(32-19-7-5-18(27)6-8-19)9-11-22(17)24-15-30-25-12-10-21(14-23(24)25)31-16(2)26(28)29/h5-16H,3-4H2,1-2H3,(H,28,29)/t16-/m0/s1. The zero-order chi connectivity index (χ0) is 22.7. The number of benzene rings is 3. The third-order valence-corrected chi connectivity index (χ3v) is 5.39. The van der Waals surface area contributed by atoms with E-state index in [4.69, 9.17) is 30.6 Å². The van der Waals surface area contributed by atoms with E-state index in [2.05, 4.69) is 6.92 Å². The maximum Gasteiger partial charge on any atom is 0.344 e. The Kier molecular flexibility index (Phi) is 6.37. The summed E-state index contributed by atoms with van der Waals surface area (Å²) in [6.07, 6.45) is 2.62. The van der Waals surface area contributed by atoms with Gasteiger partial charge in [-0.05, 0) is 79.1 Å². The first-order valence-corrected chi connectivity index (χ1v) is 10.8. The molecule has 0 saturated heterocycles. The number of aliphatic carboxylic acids is 1. The second-order valence-corrected chi connectivity index (χ2v) is 7.97. The van der Waals surface area contributed by atoms with Gasteiger partial charge in [-0.1, -0.05) is 31.0 Å². The van der Waals surface area contributed by atoms with E-state index < -0.39 is 12.1 Å². The number of furan rings is 1. The number of hydrogen-bond acceptors (Lipinski definition) is 4. The van der Waals surface area contributed by atoms with Gasteiger partial charge in [0.25, 0.3) is 0 Å². The monoisotopic (exact) mass is 450 g/mol. The van der Waals surface area contributed by atoms with E-state index in [0.717, 1.165) is 40.7 Å². The van der Waals surface area contributed by atoms with Crippen LogP contribution in [0.4, 0.5) is 0 Å². The molecule has 1 N–H and O–H groups in total. The SMILES string of the molecule is CCCc1cc(Oc2ccc(Cl)cc2)ccc1-c1coc2ccc(O[C@@H](C)C(=O)O)cc12. The zero-order valence-corrected chi connectivity index (χ0v) is 18.6. The van der Waals surface area contributed by atoms with Crippen molar-refractivity contribution in [1.29, 1.82) is 0 Å². The van der Waals surface area contributed by atoms with Crippen LogP contribution in [0, 0.1) is 0 Å². The minimum absolute atomic E-state index is 0.481. The summed E-state index contributed by atoms with van der Waals surface area (Å²) in [6, 6.07) is 18.6. The first-order valence-electron chi connectivity index (χ1n) is 10.4. The second kappa shape index (κ2) is 9.37. The van der Waals surface area contributed by atoms with Crippen LogP contribution in [0.15, 0.2) is 71.3 Å². The molecule has 0 aliphatic heterocycles. The molecular formula is C26H23ClO5. The highest BCUT2D eigenvalue weighted by Crippen LogP contribution is 2.37. The molecule has 0 unspecified atom stereocenters. The molecule has 1 atom stereocenters. The second-order valence-electron chi connectivity index (χ2n) is 7.53. The molecule has 0 saturated carbocycles. The lowest BCUT2D eigenvalue weighted by Crippen LogP contribution is -2.22. The van der Waals surface area contributed by atoms with Gasteiger partial charge in [0, 0.05) is 16.0 Å². The Morgan fingerprint density at radius 1 is 1.00 bits per heavy atom. The molecule has 4 aromatic rings. The van der Waals surface area contributed by atoms with Crippen LogP contribution in [0.2, 0.25) is 5.02 Å².